The van der Waals surface area contributed by atoms with Gasteiger partial charge in [0.25, 0.3) is 0 Å². The summed E-state index contributed by atoms with van der Waals surface area (Å²) in [5.41, 5.74) is 2.49. The highest BCUT2D eigenvalue weighted by Crippen LogP contribution is 2.24. The molecule has 0 amide bonds. The summed E-state index contributed by atoms with van der Waals surface area (Å²) in [5.74, 6) is 2.82. The molecule has 8 heteroatoms. The minimum absolute atomic E-state index is 0.419. The largest absolute Gasteiger partial charge is 0.367 e. The first kappa shape index (κ1) is 17.9. The molecule has 0 aromatic carbocycles. The van der Waals surface area contributed by atoms with E-state index in [1.54, 1.807) is 6.33 Å². The SMILES string of the molecule is CN1CCc2nnc(N3CCC(Nc4cc(N(C)C)ncn4)CC3)cc2C1. The van der Waals surface area contributed by atoms with Gasteiger partial charge >= 0.3 is 0 Å². The predicted molar refractivity (Wildman–Crippen MR) is 107 cm³/mol. The van der Waals surface area contributed by atoms with Gasteiger partial charge < -0.3 is 20.0 Å². The van der Waals surface area contributed by atoms with Gasteiger partial charge in [0, 0.05) is 58.8 Å². The van der Waals surface area contributed by atoms with E-state index in [0.29, 0.717) is 6.04 Å². The molecule has 0 saturated carbocycles. The third-order valence-electron chi connectivity index (χ3n) is 5.40. The molecule has 144 valence electrons. The van der Waals surface area contributed by atoms with Crippen molar-refractivity contribution in [2.75, 3.05) is 55.9 Å². The van der Waals surface area contributed by atoms with Crippen LogP contribution in [-0.2, 0) is 13.0 Å². The number of nitrogens with one attached hydrogen (secondary N) is 1. The van der Waals surface area contributed by atoms with E-state index in [4.69, 9.17) is 0 Å². The van der Waals surface area contributed by atoms with Crippen LogP contribution in [0.15, 0.2) is 18.5 Å². The van der Waals surface area contributed by atoms with Gasteiger partial charge in [-0.1, -0.05) is 0 Å². The zero-order valence-corrected chi connectivity index (χ0v) is 16.4. The Morgan fingerprint density at radius 1 is 1.07 bits per heavy atom. The van der Waals surface area contributed by atoms with Gasteiger partial charge in [-0.05, 0) is 31.5 Å². The van der Waals surface area contributed by atoms with Crippen molar-refractivity contribution >= 4 is 17.5 Å². The Bertz CT molecular complexity index is 785. The Morgan fingerprint density at radius 3 is 2.67 bits per heavy atom. The molecule has 1 fully saturated rings. The maximum absolute atomic E-state index is 4.49. The number of anilines is 3. The molecule has 8 nitrogen and oxygen atoms in total. The molecular weight excluding hydrogens is 340 g/mol. The van der Waals surface area contributed by atoms with Crippen molar-refractivity contribution in [1.82, 2.24) is 25.1 Å². The monoisotopic (exact) mass is 368 g/mol. The van der Waals surface area contributed by atoms with E-state index in [1.165, 1.54) is 5.56 Å². The van der Waals surface area contributed by atoms with Crippen LogP contribution in [0.1, 0.15) is 24.1 Å². The van der Waals surface area contributed by atoms with Gasteiger partial charge in [-0.3, -0.25) is 0 Å². The van der Waals surface area contributed by atoms with Crippen molar-refractivity contribution in [2.45, 2.75) is 31.8 Å². The fourth-order valence-corrected chi connectivity index (χ4v) is 3.75. The number of hydrogen-bond acceptors (Lipinski definition) is 8. The minimum atomic E-state index is 0.419. The first-order valence-electron chi connectivity index (χ1n) is 9.63. The zero-order valence-electron chi connectivity index (χ0n) is 16.4. The van der Waals surface area contributed by atoms with Crippen molar-refractivity contribution in [3.05, 3.63) is 29.7 Å². The van der Waals surface area contributed by atoms with Gasteiger partial charge in [0.2, 0.25) is 0 Å². The Labute approximate surface area is 160 Å². The maximum atomic E-state index is 4.49. The molecule has 0 bridgehead atoms. The van der Waals surface area contributed by atoms with Gasteiger partial charge in [-0.25, -0.2) is 9.97 Å². The van der Waals surface area contributed by atoms with Crippen LogP contribution in [0.4, 0.5) is 17.5 Å². The molecule has 0 atom stereocenters. The second-order valence-corrected chi connectivity index (χ2v) is 7.72. The minimum Gasteiger partial charge on any atom is -0.367 e. The van der Waals surface area contributed by atoms with Crippen molar-refractivity contribution in [2.24, 2.45) is 0 Å². The van der Waals surface area contributed by atoms with Crippen LogP contribution in [0.3, 0.4) is 0 Å². The fraction of sp³-hybridized carbons (Fsp3) is 0.579. The third-order valence-corrected chi connectivity index (χ3v) is 5.40. The van der Waals surface area contributed by atoms with Crippen molar-refractivity contribution in [3.63, 3.8) is 0 Å². The summed E-state index contributed by atoms with van der Waals surface area (Å²) >= 11 is 0. The van der Waals surface area contributed by atoms with Crippen LogP contribution >= 0.6 is 0 Å². The Kier molecular flexibility index (Phi) is 5.07. The normalized spacial score (nSPS) is 18.3. The topological polar surface area (TPSA) is 73.3 Å². The summed E-state index contributed by atoms with van der Waals surface area (Å²) in [6, 6.07) is 4.65. The number of hydrogen-bond donors (Lipinski definition) is 1. The molecule has 0 aliphatic carbocycles. The molecule has 0 spiro atoms. The van der Waals surface area contributed by atoms with Crippen molar-refractivity contribution < 1.29 is 0 Å². The van der Waals surface area contributed by atoms with E-state index in [9.17, 15) is 0 Å². The smallest absolute Gasteiger partial charge is 0.151 e. The van der Waals surface area contributed by atoms with Crippen LogP contribution in [0.25, 0.3) is 0 Å². The van der Waals surface area contributed by atoms with Gasteiger partial charge in [-0.2, -0.15) is 5.10 Å². The number of fused-ring (bicyclic) bond motifs is 1. The van der Waals surface area contributed by atoms with E-state index >= 15 is 0 Å². The first-order valence-corrected chi connectivity index (χ1v) is 9.63. The highest BCUT2D eigenvalue weighted by molar-refractivity contribution is 5.48. The average molecular weight is 368 g/mol. The van der Waals surface area contributed by atoms with Gasteiger partial charge in [-0.15, -0.1) is 5.10 Å². The standard InChI is InChI=1S/C19H28N8/c1-25(2)18-11-17(20-13-21-18)22-15-4-8-27(9-5-15)19-10-14-12-26(3)7-6-16(14)23-24-19/h10-11,13,15H,4-9,12H2,1-3H3,(H,20,21,22). The average Bonchev–Trinajstić information content (AvgIpc) is 2.68. The lowest BCUT2D eigenvalue weighted by molar-refractivity contribution is 0.308. The lowest BCUT2D eigenvalue weighted by atomic mass is 10.0. The molecule has 27 heavy (non-hydrogen) atoms. The van der Waals surface area contributed by atoms with E-state index in [2.05, 4.69) is 48.4 Å². The Hall–Kier alpha value is -2.48. The summed E-state index contributed by atoms with van der Waals surface area (Å²) in [7, 11) is 6.14. The fourth-order valence-electron chi connectivity index (χ4n) is 3.75. The Balaban J connectivity index is 1.36. The molecule has 0 unspecified atom stereocenters. The highest BCUT2D eigenvalue weighted by Gasteiger charge is 2.23. The lowest BCUT2D eigenvalue weighted by Crippen LogP contribution is -2.40. The van der Waals surface area contributed by atoms with E-state index < -0.39 is 0 Å². The molecule has 2 aliphatic heterocycles. The molecule has 1 N–H and O–H groups in total. The predicted octanol–water partition coefficient (Wildman–Crippen LogP) is 1.40. The van der Waals surface area contributed by atoms with E-state index in [-0.39, 0.29) is 0 Å². The van der Waals surface area contributed by atoms with Crippen molar-refractivity contribution in [3.8, 4) is 0 Å². The van der Waals surface area contributed by atoms with Gasteiger partial charge in [0.1, 0.15) is 18.0 Å². The Morgan fingerprint density at radius 2 is 1.89 bits per heavy atom. The van der Waals surface area contributed by atoms with Crippen LogP contribution in [0.5, 0.6) is 0 Å². The molecule has 2 aromatic rings. The number of rotatable bonds is 4. The maximum Gasteiger partial charge on any atom is 0.151 e. The first-order chi connectivity index (χ1) is 13.1. The molecule has 4 rings (SSSR count). The number of aromatic nitrogens is 4. The molecule has 2 aromatic heterocycles. The molecular formula is C19H28N8. The summed E-state index contributed by atoms with van der Waals surface area (Å²) in [6.45, 7) is 3.99. The molecule has 0 radical (unpaired) electrons. The molecule has 4 heterocycles. The quantitative estimate of drug-likeness (QED) is 0.868. The summed E-state index contributed by atoms with van der Waals surface area (Å²) in [5, 5.41) is 12.5. The van der Waals surface area contributed by atoms with Crippen LogP contribution in [0, 0.1) is 0 Å². The van der Waals surface area contributed by atoms with Crippen LogP contribution < -0.4 is 15.1 Å². The number of likely N-dealkylation sites (N-methyl/N-ethyl adjacent to an activating group) is 1. The van der Waals surface area contributed by atoms with Crippen LogP contribution in [-0.4, -0.2) is 71.9 Å². The summed E-state index contributed by atoms with van der Waals surface area (Å²) in [6.07, 6.45) is 4.73. The highest BCUT2D eigenvalue weighted by atomic mass is 15.3. The van der Waals surface area contributed by atoms with Crippen molar-refractivity contribution in [1.29, 1.82) is 0 Å². The lowest BCUT2D eigenvalue weighted by Gasteiger charge is -2.34. The second-order valence-electron chi connectivity index (χ2n) is 7.72. The van der Waals surface area contributed by atoms with Crippen LogP contribution in [0.2, 0.25) is 0 Å². The third kappa shape index (κ3) is 4.10. The van der Waals surface area contributed by atoms with Gasteiger partial charge in [0.05, 0.1) is 5.69 Å². The molecule has 1 saturated heterocycles. The van der Waals surface area contributed by atoms with E-state index in [0.717, 1.165) is 68.6 Å². The summed E-state index contributed by atoms with van der Waals surface area (Å²) < 4.78 is 0. The number of piperidine rings is 1. The van der Waals surface area contributed by atoms with E-state index in [1.807, 2.05) is 25.1 Å². The van der Waals surface area contributed by atoms with Gasteiger partial charge in [0.15, 0.2) is 5.82 Å². The summed E-state index contributed by atoms with van der Waals surface area (Å²) in [4.78, 5) is 15.3. The second kappa shape index (κ2) is 7.64. The zero-order chi connectivity index (χ0) is 18.8. The number of nitrogens with zero attached hydrogens (tertiary/aromatic N) is 7. The molecule has 2 aliphatic rings.